The topological polar surface area (TPSA) is 78.9 Å². The normalized spacial score (nSPS) is 11.9. The zero-order chi connectivity index (χ0) is 46.5. The number of rotatable bonds is 54. The summed E-state index contributed by atoms with van der Waals surface area (Å²) in [5.74, 6) is -0.855. The zero-order valence-electron chi connectivity index (χ0n) is 43.6. The maximum absolute atomic E-state index is 12.7. The van der Waals surface area contributed by atoms with Gasteiger partial charge in [0.05, 0.1) is 0 Å². The number of carbonyl (C=O) groups is 3. The fraction of sp³-hybridized carbons (Fsp3) is 0.948. The van der Waals surface area contributed by atoms with Gasteiger partial charge in [-0.1, -0.05) is 297 Å². The van der Waals surface area contributed by atoms with E-state index in [2.05, 4.69) is 20.8 Å². The molecule has 0 aliphatic rings. The zero-order valence-corrected chi connectivity index (χ0v) is 43.6. The molecule has 0 rings (SSSR count). The van der Waals surface area contributed by atoms with Crippen LogP contribution in [0.5, 0.6) is 0 Å². The minimum atomic E-state index is -0.758. The lowest BCUT2D eigenvalue weighted by Crippen LogP contribution is -2.30. The first kappa shape index (κ1) is 62.4. The molecule has 6 heteroatoms. The molecule has 0 bridgehead atoms. The van der Waals surface area contributed by atoms with Crippen LogP contribution in [0.15, 0.2) is 0 Å². The van der Waals surface area contributed by atoms with Crippen molar-refractivity contribution >= 4 is 17.9 Å². The molecule has 0 heterocycles. The van der Waals surface area contributed by atoms with Crippen LogP contribution in [0.1, 0.15) is 335 Å². The van der Waals surface area contributed by atoms with Crippen LogP contribution >= 0.6 is 0 Å². The molecule has 0 aromatic heterocycles. The van der Waals surface area contributed by atoms with Gasteiger partial charge < -0.3 is 14.2 Å². The Labute approximate surface area is 399 Å². The molecule has 380 valence electrons. The molecule has 0 fully saturated rings. The van der Waals surface area contributed by atoms with Gasteiger partial charge in [-0.3, -0.25) is 14.4 Å². The molecule has 0 saturated carbocycles. The Morgan fingerprint density at radius 1 is 0.250 bits per heavy atom. The van der Waals surface area contributed by atoms with E-state index in [1.165, 1.54) is 238 Å². The Bertz CT molecular complexity index is 951. The molecule has 0 N–H and O–H groups in total. The highest BCUT2D eigenvalue weighted by Crippen LogP contribution is 2.18. The summed E-state index contributed by atoms with van der Waals surface area (Å²) in [6.45, 7) is 6.61. The number of ether oxygens (including phenoxy) is 3. The standard InChI is InChI=1S/C58H112O6/c1-4-7-10-13-16-18-20-21-22-23-24-25-26-27-28-29-30-31-32-33-34-35-36-37-38-39-41-42-45-48-51-57(60)63-54-55(53-62-56(59)50-47-44-15-12-9-6-3)64-58(61)52-49-46-43-40-19-17-14-11-8-5-2/h55H,4-54H2,1-3H3. The number of esters is 3. The molecule has 6 nitrogen and oxygen atoms in total. The van der Waals surface area contributed by atoms with Crippen molar-refractivity contribution in [1.82, 2.24) is 0 Å². The second-order valence-corrected chi connectivity index (χ2v) is 19.9. The lowest BCUT2D eigenvalue weighted by molar-refractivity contribution is -0.167. The van der Waals surface area contributed by atoms with E-state index >= 15 is 0 Å². The molecule has 0 amide bonds. The van der Waals surface area contributed by atoms with Crippen molar-refractivity contribution in [3.05, 3.63) is 0 Å². The van der Waals surface area contributed by atoms with E-state index in [1.807, 2.05) is 0 Å². The van der Waals surface area contributed by atoms with E-state index in [1.54, 1.807) is 0 Å². The monoisotopic (exact) mass is 905 g/mol. The molecule has 0 aliphatic carbocycles. The average Bonchev–Trinajstić information content (AvgIpc) is 3.29. The predicted octanol–water partition coefficient (Wildman–Crippen LogP) is 19.2. The minimum Gasteiger partial charge on any atom is -0.462 e. The lowest BCUT2D eigenvalue weighted by atomic mass is 10.0. The van der Waals surface area contributed by atoms with E-state index in [0.29, 0.717) is 19.3 Å². The first-order valence-electron chi connectivity index (χ1n) is 29.0. The summed E-state index contributed by atoms with van der Waals surface area (Å²) < 4.78 is 16.7. The molecule has 0 aromatic rings. The van der Waals surface area contributed by atoms with E-state index in [-0.39, 0.29) is 31.1 Å². The molecule has 0 saturated heterocycles. The maximum Gasteiger partial charge on any atom is 0.306 e. The van der Waals surface area contributed by atoms with Gasteiger partial charge in [-0.2, -0.15) is 0 Å². The SMILES string of the molecule is CCCCCCCCCCCCCCCCCCCCCCCCCCCCCCCCC(=O)OCC(COC(=O)CCCCCCCC)OC(=O)CCCCCCCCCCCC. The van der Waals surface area contributed by atoms with Crippen molar-refractivity contribution in [2.75, 3.05) is 13.2 Å². The predicted molar refractivity (Wildman–Crippen MR) is 275 cm³/mol. The van der Waals surface area contributed by atoms with E-state index in [0.717, 1.165) is 57.8 Å². The van der Waals surface area contributed by atoms with E-state index < -0.39 is 6.10 Å². The van der Waals surface area contributed by atoms with Crippen molar-refractivity contribution in [2.45, 2.75) is 341 Å². The molecule has 0 aliphatic heterocycles. The number of carbonyl (C=O) groups excluding carboxylic acids is 3. The molecule has 1 atom stereocenters. The van der Waals surface area contributed by atoms with Crippen molar-refractivity contribution in [2.24, 2.45) is 0 Å². The smallest absolute Gasteiger partial charge is 0.306 e. The highest BCUT2D eigenvalue weighted by Gasteiger charge is 2.19. The second kappa shape index (κ2) is 54.0. The van der Waals surface area contributed by atoms with Gasteiger partial charge in [0.25, 0.3) is 0 Å². The summed E-state index contributed by atoms with van der Waals surface area (Å²) >= 11 is 0. The van der Waals surface area contributed by atoms with Gasteiger partial charge in [-0.15, -0.1) is 0 Å². The summed E-state index contributed by atoms with van der Waals surface area (Å²) in [5.41, 5.74) is 0. The highest BCUT2D eigenvalue weighted by molar-refractivity contribution is 5.71. The second-order valence-electron chi connectivity index (χ2n) is 19.9. The Hall–Kier alpha value is -1.59. The lowest BCUT2D eigenvalue weighted by Gasteiger charge is -2.18. The van der Waals surface area contributed by atoms with Crippen LogP contribution in [0.25, 0.3) is 0 Å². The van der Waals surface area contributed by atoms with Crippen LogP contribution in [0.2, 0.25) is 0 Å². The molecule has 64 heavy (non-hydrogen) atoms. The van der Waals surface area contributed by atoms with Crippen LogP contribution in [-0.4, -0.2) is 37.2 Å². The van der Waals surface area contributed by atoms with Crippen molar-refractivity contribution in [3.63, 3.8) is 0 Å². The third-order valence-corrected chi connectivity index (χ3v) is 13.4. The molecule has 0 radical (unpaired) electrons. The number of hydrogen-bond acceptors (Lipinski definition) is 6. The Morgan fingerprint density at radius 2 is 0.422 bits per heavy atom. The van der Waals surface area contributed by atoms with Gasteiger partial charge in [0.1, 0.15) is 13.2 Å². The van der Waals surface area contributed by atoms with Gasteiger partial charge in [-0.25, -0.2) is 0 Å². The molecule has 1 unspecified atom stereocenters. The fourth-order valence-electron chi connectivity index (χ4n) is 8.98. The molecular weight excluding hydrogens is 793 g/mol. The Morgan fingerprint density at radius 3 is 0.625 bits per heavy atom. The van der Waals surface area contributed by atoms with Gasteiger partial charge in [0.15, 0.2) is 6.10 Å². The van der Waals surface area contributed by atoms with E-state index in [9.17, 15) is 14.4 Å². The van der Waals surface area contributed by atoms with Crippen molar-refractivity contribution < 1.29 is 28.6 Å². The van der Waals surface area contributed by atoms with Crippen LogP contribution < -0.4 is 0 Å². The highest BCUT2D eigenvalue weighted by atomic mass is 16.6. The van der Waals surface area contributed by atoms with Crippen LogP contribution in [0, 0.1) is 0 Å². The van der Waals surface area contributed by atoms with Crippen LogP contribution in [0.3, 0.4) is 0 Å². The van der Waals surface area contributed by atoms with E-state index in [4.69, 9.17) is 14.2 Å². The third kappa shape index (κ3) is 51.4. The quantitative estimate of drug-likeness (QED) is 0.0344. The van der Waals surface area contributed by atoms with Crippen LogP contribution in [-0.2, 0) is 28.6 Å². The van der Waals surface area contributed by atoms with Gasteiger partial charge >= 0.3 is 17.9 Å². The van der Waals surface area contributed by atoms with Gasteiger partial charge in [0, 0.05) is 19.3 Å². The van der Waals surface area contributed by atoms with Gasteiger partial charge in [-0.05, 0) is 19.3 Å². The largest absolute Gasteiger partial charge is 0.462 e. The fourth-order valence-corrected chi connectivity index (χ4v) is 8.98. The summed E-state index contributed by atoms with van der Waals surface area (Å²) in [7, 11) is 0. The molecule has 0 spiro atoms. The summed E-state index contributed by atoms with van der Waals surface area (Å²) in [6.07, 6.45) is 60.2. The van der Waals surface area contributed by atoms with Crippen molar-refractivity contribution in [1.29, 1.82) is 0 Å². The van der Waals surface area contributed by atoms with Gasteiger partial charge in [0.2, 0.25) is 0 Å². The molecular formula is C58H112O6. The number of hydrogen-bond donors (Lipinski definition) is 0. The third-order valence-electron chi connectivity index (χ3n) is 13.4. The summed E-state index contributed by atoms with van der Waals surface area (Å²) in [6, 6.07) is 0. The van der Waals surface area contributed by atoms with Crippen LogP contribution in [0.4, 0.5) is 0 Å². The van der Waals surface area contributed by atoms with Crippen molar-refractivity contribution in [3.8, 4) is 0 Å². The maximum atomic E-state index is 12.7. The number of unbranched alkanes of at least 4 members (excludes halogenated alkanes) is 43. The first-order valence-corrected chi connectivity index (χ1v) is 29.0. The first-order chi connectivity index (χ1) is 31.5. The molecule has 0 aromatic carbocycles. The summed E-state index contributed by atoms with van der Waals surface area (Å²) in [4.78, 5) is 37.7. The Kier molecular flexibility index (Phi) is 52.7. The average molecular weight is 906 g/mol. The summed E-state index contributed by atoms with van der Waals surface area (Å²) in [5, 5.41) is 0. The Balaban J connectivity index is 3.85. The minimum absolute atomic E-state index is 0.0630.